The monoisotopic (exact) mass is 437 g/mol. The van der Waals surface area contributed by atoms with Crippen LogP contribution in [-0.4, -0.2) is 40.8 Å². The average Bonchev–Trinajstić information content (AvgIpc) is 3.21. The van der Waals surface area contributed by atoms with Gasteiger partial charge in [-0.15, -0.1) is 0 Å². The zero-order valence-electron chi connectivity index (χ0n) is 19.4. The molecule has 1 spiro atoms. The van der Waals surface area contributed by atoms with E-state index in [4.69, 9.17) is 4.74 Å². The van der Waals surface area contributed by atoms with E-state index in [0.717, 1.165) is 24.8 Å². The Kier molecular flexibility index (Phi) is 3.48. The lowest BCUT2D eigenvalue weighted by molar-refractivity contribution is -0.164. The van der Waals surface area contributed by atoms with Crippen molar-refractivity contribution in [1.82, 2.24) is 5.32 Å². The molecule has 3 fully saturated rings. The molecule has 2 N–H and O–H groups in total. The van der Waals surface area contributed by atoms with Gasteiger partial charge in [0.2, 0.25) is 11.7 Å². The summed E-state index contributed by atoms with van der Waals surface area (Å²) in [7, 11) is 0. The number of rotatable bonds is 1. The largest absolute Gasteiger partial charge is 0.504 e. The van der Waals surface area contributed by atoms with Gasteiger partial charge in [0.05, 0.1) is 16.9 Å². The van der Waals surface area contributed by atoms with Crippen LogP contribution in [0.15, 0.2) is 35.1 Å². The fourth-order valence-corrected chi connectivity index (χ4v) is 9.03. The van der Waals surface area contributed by atoms with Crippen molar-refractivity contribution in [2.24, 2.45) is 33.5 Å². The van der Waals surface area contributed by atoms with Gasteiger partial charge in [-0.25, -0.2) is 0 Å². The first kappa shape index (κ1) is 20.4. The third-order valence-corrected chi connectivity index (χ3v) is 10.4. The number of aliphatic hydroxyl groups excluding tert-OH is 1. The third-order valence-electron chi connectivity index (χ3n) is 10.4. The zero-order chi connectivity index (χ0) is 23.1. The zero-order valence-corrected chi connectivity index (χ0v) is 19.4. The van der Waals surface area contributed by atoms with Crippen molar-refractivity contribution < 1.29 is 24.2 Å². The maximum Gasteiger partial charge on any atom is 0.247 e. The van der Waals surface area contributed by atoms with Gasteiger partial charge in [-0.1, -0.05) is 26.0 Å². The molecule has 6 nitrogen and oxygen atoms in total. The van der Waals surface area contributed by atoms with Crippen LogP contribution in [0.25, 0.3) is 0 Å². The van der Waals surface area contributed by atoms with Crippen LogP contribution in [0.5, 0.6) is 0 Å². The Bertz CT molecular complexity index is 1110. The molecule has 0 radical (unpaired) electrons. The normalized spacial score (nSPS) is 50.3. The number of amides is 1. The van der Waals surface area contributed by atoms with E-state index in [2.05, 4.69) is 19.2 Å². The molecule has 2 aliphatic heterocycles. The van der Waals surface area contributed by atoms with Crippen LogP contribution >= 0.6 is 0 Å². The second-order valence-corrected chi connectivity index (χ2v) is 11.9. The molecule has 170 valence electrons. The summed E-state index contributed by atoms with van der Waals surface area (Å²) in [5, 5.41) is 14.3. The highest BCUT2D eigenvalue weighted by molar-refractivity contribution is 6.06. The van der Waals surface area contributed by atoms with Crippen LogP contribution in [0.2, 0.25) is 0 Å². The van der Waals surface area contributed by atoms with Crippen molar-refractivity contribution in [3.63, 3.8) is 0 Å². The first-order chi connectivity index (χ1) is 14.9. The second-order valence-electron chi connectivity index (χ2n) is 11.9. The van der Waals surface area contributed by atoms with Gasteiger partial charge in [-0.2, -0.15) is 0 Å². The van der Waals surface area contributed by atoms with E-state index in [1.54, 1.807) is 19.9 Å². The number of hydrogen-bond acceptors (Lipinski definition) is 5. The lowest BCUT2D eigenvalue weighted by atomic mass is 9.39. The molecule has 32 heavy (non-hydrogen) atoms. The molecule has 7 atom stereocenters. The van der Waals surface area contributed by atoms with Crippen LogP contribution in [0.4, 0.5) is 0 Å². The second kappa shape index (κ2) is 5.46. The SMILES string of the molecule is CC1(C)C(=O)C=C[C@@]2(C)C1=C(O)C(=O)[C@]1(C)[C@@H]2CC[C@@]2(C)[C@H](C3=CCNC3=O)C[C@H]3O[C@]321. The van der Waals surface area contributed by atoms with E-state index in [9.17, 15) is 19.5 Å². The van der Waals surface area contributed by atoms with Gasteiger partial charge in [0.1, 0.15) is 5.60 Å². The van der Waals surface area contributed by atoms with Crippen molar-refractivity contribution in [2.45, 2.75) is 65.6 Å². The molecule has 6 aliphatic rings. The number of aliphatic hydroxyl groups is 1. The highest BCUT2D eigenvalue weighted by Gasteiger charge is 2.87. The minimum Gasteiger partial charge on any atom is -0.504 e. The molecule has 0 bridgehead atoms. The van der Waals surface area contributed by atoms with Crippen LogP contribution in [-0.2, 0) is 19.1 Å². The summed E-state index contributed by atoms with van der Waals surface area (Å²) in [5.41, 5.74) is -2.19. The Hall–Kier alpha value is -2.21. The number of ether oxygens (including phenoxy) is 1. The van der Waals surface area contributed by atoms with E-state index in [-0.39, 0.29) is 46.6 Å². The van der Waals surface area contributed by atoms with E-state index in [1.165, 1.54) is 0 Å². The summed E-state index contributed by atoms with van der Waals surface area (Å²) in [6, 6.07) is 0. The highest BCUT2D eigenvalue weighted by Crippen LogP contribution is 2.80. The summed E-state index contributed by atoms with van der Waals surface area (Å²) >= 11 is 0. The number of fused-ring (bicyclic) bond motifs is 3. The molecule has 2 saturated carbocycles. The number of nitrogens with one attached hydrogen (secondary N) is 1. The van der Waals surface area contributed by atoms with Gasteiger partial charge < -0.3 is 15.2 Å². The minimum absolute atomic E-state index is 0.0117. The lowest BCUT2D eigenvalue weighted by Gasteiger charge is -2.62. The molecule has 6 rings (SSSR count). The van der Waals surface area contributed by atoms with Crippen molar-refractivity contribution in [1.29, 1.82) is 0 Å². The van der Waals surface area contributed by atoms with Gasteiger partial charge in [0.25, 0.3) is 0 Å². The predicted octanol–water partition coefficient (Wildman–Crippen LogP) is 3.19. The Labute approximate surface area is 188 Å². The Balaban J connectivity index is 1.54. The lowest BCUT2D eigenvalue weighted by Crippen LogP contribution is -2.66. The number of ketones is 2. The summed E-state index contributed by atoms with van der Waals surface area (Å²) in [5.74, 6) is -0.724. The van der Waals surface area contributed by atoms with E-state index in [1.807, 2.05) is 19.1 Å². The average molecular weight is 438 g/mol. The van der Waals surface area contributed by atoms with Crippen molar-refractivity contribution in [2.75, 3.05) is 6.54 Å². The van der Waals surface area contributed by atoms with E-state index < -0.39 is 21.8 Å². The Morgan fingerprint density at radius 1 is 1.12 bits per heavy atom. The standard InChI is InChI=1S/C26H31NO5/c1-22(2)16(28)7-9-23(3)15-6-10-24(4)14(13-8-11-27-21(13)31)12-17-26(24,32-17)25(15,5)20(30)18(29)19(22)23/h7-9,14-15,17,29H,6,10-12H2,1-5H3,(H,27,31)/t14-,15+,17+,23+,24-,25-,26+/m0/s1. The summed E-state index contributed by atoms with van der Waals surface area (Å²) in [4.78, 5) is 39.3. The third kappa shape index (κ3) is 1.82. The number of hydrogen-bond donors (Lipinski definition) is 2. The molecule has 0 aromatic rings. The number of allylic oxidation sites excluding steroid dienone is 4. The van der Waals surface area contributed by atoms with Crippen LogP contribution in [0, 0.1) is 33.5 Å². The molecule has 6 heteroatoms. The number of carbonyl (C=O) groups is 3. The fourth-order valence-electron chi connectivity index (χ4n) is 9.03. The molecule has 1 saturated heterocycles. The Morgan fingerprint density at radius 3 is 2.50 bits per heavy atom. The van der Waals surface area contributed by atoms with Crippen molar-refractivity contribution >= 4 is 17.5 Å². The highest BCUT2D eigenvalue weighted by atomic mass is 16.6. The molecular weight excluding hydrogens is 406 g/mol. The quantitative estimate of drug-likeness (QED) is 0.614. The van der Waals surface area contributed by atoms with Crippen molar-refractivity contribution in [3.8, 4) is 0 Å². The smallest absolute Gasteiger partial charge is 0.247 e. The van der Waals surface area contributed by atoms with Gasteiger partial charge >= 0.3 is 0 Å². The Morgan fingerprint density at radius 2 is 1.84 bits per heavy atom. The maximum absolute atomic E-state index is 14.1. The molecule has 1 amide bonds. The van der Waals surface area contributed by atoms with Crippen molar-refractivity contribution in [3.05, 3.63) is 35.1 Å². The van der Waals surface area contributed by atoms with Crippen LogP contribution in [0.3, 0.4) is 0 Å². The fraction of sp³-hybridized carbons (Fsp3) is 0.654. The van der Waals surface area contributed by atoms with Crippen LogP contribution < -0.4 is 5.32 Å². The van der Waals surface area contributed by atoms with Gasteiger partial charge in [-0.05, 0) is 63.5 Å². The molecular formula is C26H31NO5. The minimum atomic E-state index is -0.933. The number of carbonyl (C=O) groups excluding carboxylic acids is 3. The van der Waals surface area contributed by atoms with Gasteiger partial charge in [-0.3, -0.25) is 14.4 Å². The van der Waals surface area contributed by atoms with Gasteiger partial charge in [0.15, 0.2) is 11.5 Å². The maximum atomic E-state index is 14.1. The summed E-state index contributed by atoms with van der Waals surface area (Å²) in [6.45, 7) is 10.4. The molecule has 0 aromatic carbocycles. The van der Waals surface area contributed by atoms with Gasteiger partial charge in [0, 0.05) is 22.9 Å². The predicted molar refractivity (Wildman–Crippen MR) is 116 cm³/mol. The van der Waals surface area contributed by atoms with E-state index >= 15 is 0 Å². The van der Waals surface area contributed by atoms with Crippen LogP contribution in [0.1, 0.15) is 53.9 Å². The summed E-state index contributed by atoms with van der Waals surface area (Å²) in [6.07, 6.45) is 7.75. The molecule has 0 unspecified atom stereocenters. The molecule has 0 aromatic heterocycles. The topological polar surface area (TPSA) is 96.0 Å². The molecule has 4 aliphatic carbocycles. The number of epoxide rings is 1. The molecule has 2 heterocycles. The number of Topliss-reactive ketones (excluding diaryl/α,β-unsaturated/α-hetero) is 1. The first-order valence-corrected chi connectivity index (χ1v) is 11.8. The summed E-state index contributed by atoms with van der Waals surface area (Å²) < 4.78 is 6.46. The first-order valence-electron chi connectivity index (χ1n) is 11.8. The van der Waals surface area contributed by atoms with E-state index in [0.29, 0.717) is 12.1 Å².